The summed E-state index contributed by atoms with van der Waals surface area (Å²) >= 11 is 6.16. The highest BCUT2D eigenvalue weighted by Gasteiger charge is 2.46. The summed E-state index contributed by atoms with van der Waals surface area (Å²) in [6, 6.07) is 3.54. The molecule has 0 aromatic heterocycles. The van der Waals surface area contributed by atoms with Crippen LogP contribution in [0, 0.1) is 5.41 Å². The highest BCUT2D eigenvalue weighted by atomic mass is 35.5. The van der Waals surface area contributed by atoms with Crippen molar-refractivity contribution in [1.29, 1.82) is 0 Å². The van der Waals surface area contributed by atoms with Gasteiger partial charge in [0, 0.05) is 22.9 Å². The number of ether oxygens (including phenoxy) is 2. The third-order valence-corrected chi connectivity index (χ3v) is 4.10. The van der Waals surface area contributed by atoms with E-state index in [0.29, 0.717) is 36.2 Å². The fourth-order valence-electron chi connectivity index (χ4n) is 2.20. The van der Waals surface area contributed by atoms with Crippen molar-refractivity contribution in [2.75, 3.05) is 13.2 Å². The van der Waals surface area contributed by atoms with Crippen LogP contribution in [0.5, 0.6) is 11.5 Å². The van der Waals surface area contributed by atoms with Gasteiger partial charge in [-0.2, -0.15) is 0 Å². The molecular formula is C14H15ClO4. The normalized spacial score (nSPS) is 19.0. The zero-order valence-corrected chi connectivity index (χ0v) is 11.2. The van der Waals surface area contributed by atoms with E-state index in [2.05, 4.69) is 0 Å². The van der Waals surface area contributed by atoms with E-state index in [4.69, 9.17) is 26.2 Å². The van der Waals surface area contributed by atoms with Crippen molar-refractivity contribution < 1.29 is 19.4 Å². The lowest BCUT2D eigenvalue weighted by atomic mass is 10.1. The van der Waals surface area contributed by atoms with Crippen LogP contribution in [0.25, 0.3) is 0 Å². The minimum Gasteiger partial charge on any atom is -0.489 e. The molecule has 3 rings (SSSR count). The Hall–Kier alpha value is -1.42. The summed E-state index contributed by atoms with van der Waals surface area (Å²) in [5, 5.41) is 9.26. The fraction of sp³-hybridized carbons (Fsp3) is 0.500. The van der Waals surface area contributed by atoms with Gasteiger partial charge in [0.2, 0.25) is 0 Å². The molecule has 0 unspecified atom stereocenters. The molecule has 1 aliphatic heterocycles. The van der Waals surface area contributed by atoms with Gasteiger partial charge < -0.3 is 14.6 Å². The maximum Gasteiger partial charge on any atom is 0.303 e. The molecule has 0 atom stereocenters. The van der Waals surface area contributed by atoms with E-state index in [1.54, 1.807) is 6.07 Å². The van der Waals surface area contributed by atoms with Crippen LogP contribution in [0.15, 0.2) is 12.1 Å². The second-order valence-corrected chi connectivity index (χ2v) is 5.77. The van der Waals surface area contributed by atoms with Gasteiger partial charge in [0.25, 0.3) is 0 Å². The van der Waals surface area contributed by atoms with Gasteiger partial charge in [-0.3, -0.25) is 4.79 Å². The van der Waals surface area contributed by atoms with E-state index in [0.717, 1.165) is 18.4 Å². The number of hydrogen-bond acceptors (Lipinski definition) is 3. The van der Waals surface area contributed by atoms with Crippen LogP contribution in [0.3, 0.4) is 0 Å². The standard InChI is InChI=1S/C14H15ClO4/c15-10-6-12-11(5-9(10)1-2-13(16)17)18-7-14(3-4-14)8-19-12/h5-6H,1-4,7-8H2,(H,16,17). The van der Waals surface area contributed by atoms with Crippen LogP contribution < -0.4 is 9.47 Å². The lowest BCUT2D eigenvalue weighted by molar-refractivity contribution is -0.136. The summed E-state index contributed by atoms with van der Waals surface area (Å²) in [5.41, 5.74) is 0.977. The van der Waals surface area contributed by atoms with Crippen molar-refractivity contribution in [3.8, 4) is 11.5 Å². The fourth-order valence-corrected chi connectivity index (χ4v) is 2.45. The monoisotopic (exact) mass is 282 g/mol. The van der Waals surface area contributed by atoms with E-state index < -0.39 is 5.97 Å². The number of halogens is 1. The largest absolute Gasteiger partial charge is 0.489 e. The average molecular weight is 283 g/mol. The van der Waals surface area contributed by atoms with Gasteiger partial charge in [-0.05, 0) is 30.9 Å². The van der Waals surface area contributed by atoms with Gasteiger partial charge in [0.15, 0.2) is 11.5 Å². The number of rotatable bonds is 3. The van der Waals surface area contributed by atoms with Crippen molar-refractivity contribution in [1.82, 2.24) is 0 Å². The van der Waals surface area contributed by atoms with Gasteiger partial charge >= 0.3 is 5.97 Å². The summed E-state index contributed by atoms with van der Waals surface area (Å²) in [4.78, 5) is 10.6. The predicted molar refractivity (Wildman–Crippen MR) is 70.1 cm³/mol. The van der Waals surface area contributed by atoms with Crippen molar-refractivity contribution in [3.05, 3.63) is 22.7 Å². The summed E-state index contributed by atoms with van der Waals surface area (Å²) in [7, 11) is 0. The number of benzene rings is 1. The number of aryl methyl sites for hydroxylation is 1. The Morgan fingerprint density at radius 3 is 2.47 bits per heavy atom. The first-order valence-corrected chi connectivity index (χ1v) is 6.76. The Kier molecular flexibility index (Phi) is 3.05. The maximum absolute atomic E-state index is 10.6. The number of carbonyl (C=O) groups is 1. The first kappa shape index (κ1) is 12.6. The Bertz CT molecular complexity index is 522. The minimum absolute atomic E-state index is 0.0588. The molecule has 1 aromatic carbocycles. The molecule has 1 heterocycles. The van der Waals surface area contributed by atoms with E-state index in [1.165, 1.54) is 0 Å². The molecule has 1 N–H and O–H groups in total. The molecule has 1 saturated carbocycles. The molecule has 0 bridgehead atoms. The summed E-state index contributed by atoms with van der Waals surface area (Å²) in [5.74, 6) is 0.501. The van der Waals surface area contributed by atoms with E-state index in [9.17, 15) is 4.79 Å². The molecule has 102 valence electrons. The SMILES string of the molecule is O=C(O)CCc1cc2c(cc1Cl)OCC1(CC1)CO2. The quantitative estimate of drug-likeness (QED) is 0.926. The summed E-state index contributed by atoms with van der Waals surface area (Å²) in [6.45, 7) is 1.34. The molecular weight excluding hydrogens is 268 g/mol. The van der Waals surface area contributed by atoms with Crippen LogP contribution in [0.4, 0.5) is 0 Å². The molecule has 1 spiro atoms. The highest BCUT2D eigenvalue weighted by Crippen LogP contribution is 2.49. The Morgan fingerprint density at radius 1 is 1.26 bits per heavy atom. The van der Waals surface area contributed by atoms with Gasteiger partial charge in [-0.25, -0.2) is 0 Å². The topological polar surface area (TPSA) is 55.8 Å². The Labute approximate surface area is 116 Å². The summed E-state index contributed by atoms with van der Waals surface area (Å²) < 4.78 is 11.6. The van der Waals surface area contributed by atoms with Crippen LogP contribution in [0.1, 0.15) is 24.8 Å². The highest BCUT2D eigenvalue weighted by molar-refractivity contribution is 6.31. The predicted octanol–water partition coefficient (Wildman–Crippen LogP) is 2.91. The summed E-state index contributed by atoms with van der Waals surface area (Å²) in [6.07, 6.45) is 2.74. The smallest absolute Gasteiger partial charge is 0.303 e. The average Bonchev–Trinajstić information content (AvgIpc) is 3.16. The Morgan fingerprint density at radius 2 is 1.89 bits per heavy atom. The lowest BCUT2D eigenvalue weighted by Crippen LogP contribution is -2.17. The lowest BCUT2D eigenvalue weighted by Gasteiger charge is -2.10. The number of carboxylic acids is 1. The van der Waals surface area contributed by atoms with Crippen LogP contribution in [0.2, 0.25) is 5.02 Å². The maximum atomic E-state index is 10.6. The second kappa shape index (κ2) is 4.60. The number of hydrogen-bond donors (Lipinski definition) is 1. The molecule has 0 radical (unpaired) electrons. The third-order valence-electron chi connectivity index (χ3n) is 3.75. The third kappa shape index (κ3) is 2.63. The van der Waals surface area contributed by atoms with Crippen molar-refractivity contribution in [2.45, 2.75) is 25.7 Å². The molecule has 1 aromatic rings. The molecule has 1 fully saturated rings. The number of fused-ring (bicyclic) bond motifs is 1. The van der Waals surface area contributed by atoms with Gasteiger partial charge in [0.1, 0.15) is 0 Å². The first-order valence-electron chi connectivity index (χ1n) is 6.38. The molecule has 1 aliphatic carbocycles. The van der Waals surface area contributed by atoms with E-state index in [-0.39, 0.29) is 11.8 Å². The van der Waals surface area contributed by atoms with Crippen molar-refractivity contribution in [3.63, 3.8) is 0 Å². The van der Waals surface area contributed by atoms with Crippen LogP contribution >= 0.6 is 11.6 Å². The number of carboxylic acid groups (broad SMARTS) is 1. The van der Waals surface area contributed by atoms with E-state index in [1.807, 2.05) is 6.07 Å². The molecule has 2 aliphatic rings. The van der Waals surface area contributed by atoms with Crippen LogP contribution in [-0.2, 0) is 11.2 Å². The second-order valence-electron chi connectivity index (χ2n) is 5.36. The van der Waals surface area contributed by atoms with Crippen molar-refractivity contribution >= 4 is 17.6 Å². The Balaban J connectivity index is 1.82. The zero-order valence-electron chi connectivity index (χ0n) is 10.4. The van der Waals surface area contributed by atoms with Gasteiger partial charge in [-0.1, -0.05) is 11.6 Å². The van der Waals surface area contributed by atoms with Crippen molar-refractivity contribution in [2.24, 2.45) is 5.41 Å². The van der Waals surface area contributed by atoms with Gasteiger partial charge in [-0.15, -0.1) is 0 Å². The molecule has 19 heavy (non-hydrogen) atoms. The van der Waals surface area contributed by atoms with E-state index >= 15 is 0 Å². The first-order chi connectivity index (χ1) is 9.08. The number of aliphatic carboxylic acids is 1. The van der Waals surface area contributed by atoms with Gasteiger partial charge in [0.05, 0.1) is 13.2 Å². The molecule has 0 amide bonds. The van der Waals surface area contributed by atoms with Crippen LogP contribution in [-0.4, -0.2) is 24.3 Å². The minimum atomic E-state index is -0.833. The molecule has 4 nitrogen and oxygen atoms in total. The molecule has 5 heteroatoms. The zero-order chi connectivity index (χ0) is 13.5. The molecule has 0 saturated heterocycles.